The first-order valence-corrected chi connectivity index (χ1v) is 2.18. The second kappa shape index (κ2) is 6.68. The maximum atomic E-state index is 9.47. The minimum absolute atomic E-state index is 0.333. The summed E-state index contributed by atoms with van der Waals surface area (Å²) in [4.78, 5) is 18.7. The van der Waals surface area contributed by atoms with Gasteiger partial charge in [0, 0.05) is 6.92 Å². The molecule has 4 nitrogen and oxygen atoms in total. The monoisotopic (exact) mass is 130 g/mol. The molecule has 0 aliphatic heterocycles. The number of hydrogen-bond acceptors (Lipinski definition) is 2. The zero-order chi connectivity index (χ0) is 7.86. The first-order valence-electron chi connectivity index (χ1n) is 2.18. The lowest BCUT2D eigenvalue weighted by molar-refractivity contribution is -0.116. The van der Waals surface area contributed by atoms with E-state index in [0.717, 1.165) is 6.08 Å². The Labute approximate surface area is 53.5 Å². The Morgan fingerprint density at radius 2 is 1.56 bits per heavy atom. The van der Waals surface area contributed by atoms with Crippen molar-refractivity contribution in [2.45, 2.75) is 6.92 Å². The molecule has 4 heteroatoms. The van der Waals surface area contributed by atoms with Crippen molar-refractivity contribution in [3.8, 4) is 0 Å². The molecule has 0 aromatic carbocycles. The van der Waals surface area contributed by atoms with Crippen LogP contribution in [0.1, 0.15) is 6.92 Å². The van der Waals surface area contributed by atoms with Crippen molar-refractivity contribution in [2.75, 3.05) is 0 Å². The summed E-state index contributed by atoms with van der Waals surface area (Å²) in [5.74, 6) is -0.815. The Morgan fingerprint density at radius 1 is 1.44 bits per heavy atom. The molecule has 4 N–H and O–H groups in total. The highest BCUT2D eigenvalue weighted by molar-refractivity contribution is 5.84. The number of nitrogens with two attached hydrogens (primary N) is 2. The Hall–Kier alpha value is -1.32. The van der Waals surface area contributed by atoms with Gasteiger partial charge in [-0.15, -0.1) is 0 Å². The van der Waals surface area contributed by atoms with Gasteiger partial charge in [0.1, 0.15) is 0 Å². The van der Waals surface area contributed by atoms with Gasteiger partial charge in [-0.25, -0.2) is 0 Å². The van der Waals surface area contributed by atoms with Gasteiger partial charge in [0.15, 0.2) is 0 Å². The Morgan fingerprint density at radius 3 is 1.56 bits per heavy atom. The standard InChI is InChI=1S/C3H5NO.C2H5NO/c1-2-3(4)5;1-2(3)4/h2H,1H2,(H2,4,5);1H3,(H2,3,4). The summed E-state index contributed by atoms with van der Waals surface area (Å²) in [6.07, 6.45) is 1.06. The first kappa shape index (κ1) is 10.6. The van der Waals surface area contributed by atoms with Gasteiger partial charge < -0.3 is 11.5 Å². The molecule has 0 unspecified atom stereocenters. The van der Waals surface area contributed by atoms with E-state index in [1.54, 1.807) is 0 Å². The number of amides is 2. The minimum atomic E-state index is -0.481. The van der Waals surface area contributed by atoms with E-state index in [-0.39, 0.29) is 5.91 Å². The first-order chi connectivity index (χ1) is 4.00. The fraction of sp³-hybridized carbons (Fsp3) is 0.200. The van der Waals surface area contributed by atoms with Gasteiger partial charge in [0.2, 0.25) is 11.8 Å². The molecule has 0 spiro atoms. The van der Waals surface area contributed by atoms with E-state index >= 15 is 0 Å². The fourth-order valence-corrected chi connectivity index (χ4v) is 0. The van der Waals surface area contributed by atoms with Crippen molar-refractivity contribution in [3.05, 3.63) is 12.7 Å². The molecule has 52 valence electrons. The van der Waals surface area contributed by atoms with E-state index in [4.69, 9.17) is 0 Å². The summed E-state index contributed by atoms with van der Waals surface area (Å²) in [7, 11) is 0. The maximum absolute atomic E-state index is 9.47. The van der Waals surface area contributed by atoms with Crippen molar-refractivity contribution in [2.24, 2.45) is 11.5 Å². The molecule has 0 bridgehead atoms. The van der Waals surface area contributed by atoms with Crippen LogP contribution in [0.15, 0.2) is 12.7 Å². The van der Waals surface area contributed by atoms with Gasteiger partial charge in [0.25, 0.3) is 0 Å². The number of carbonyl (C=O) groups is 2. The second-order valence-electron chi connectivity index (χ2n) is 1.22. The fourth-order valence-electron chi connectivity index (χ4n) is 0. The molecule has 0 aromatic heterocycles. The summed E-state index contributed by atoms with van der Waals surface area (Å²) < 4.78 is 0. The maximum Gasteiger partial charge on any atom is 0.240 e. The lowest BCUT2D eigenvalue weighted by Crippen LogP contribution is -2.04. The molecule has 0 fully saturated rings. The molecule has 0 aliphatic carbocycles. The van der Waals surface area contributed by atoms with Crippen molar-refractivity contribution in [1.29, 1.82) is 0 Å². The van der Waals surface area contributed by atoms with E-state index < -0.39 is 5.91 Å². The van der Waals surface area contributed by atoms with Crippen molar-refractivity contribution >= 4 is 11.8 Å². The summed E-state index contributed by atoms with van der Waals surface area (Å²) in [5, 5.41) is 0. The Bertz CT molecular complexity index is 116. The van der Waals surface area contributed by atoms with E-state index in [0.29, 0.717) is 0 Å². The molecular formula is C5H10N2O2. The quantitative estimate of drug-likeness (QED) is 0.453. The highest BCUT2D eigenvalue weighted by Gasteiger charge is 1.69. The van der Waals surface area contributed by atoms with Gasteiger partial charge in [-0.2, -0.15) is 0 Å². The summed E-state index contributed by atoms with van der Waals surface area (Å²) >= 11 is 0. The van der Waals surface area contributed by atoms with E-state index in [2.05, 4.69) is 18.0 Å². The van der Waals surface area contributed by atoms with Crippen LogP contribution in [0.3, 0.4) is 0 Å². The number of carbonyl (C=O) groups excluding carboxylic acids is 2. The zero-order valence-electron chi connectivity index (χ0n) is 5.26. The SMILES string of the molecule is C=CC(N)=O.CC(N)=O. The molecule has 0 saturated heterocycles. The van der Waals surface area contributed by atoms with Crippen LogP contribution in [-0.4, -0.2) is 11.8 Å². The van der Waals surface area contributed by atoms with Gasteiger partial charge >= 0.3 is 0 Å². The lowest BCUT2D eigenvalue weighted by atomic mass is 10.6. The molecule has 0 aromatic rings. The topological polar surface area (TPSA) is 86.2 Å². The summed E-state index contributed by atoms with van der Waals surface area (Å²) in [6, 6.07) is 0. The average Bonchev–Trinajstić information content (AvgIpc) is 1.65. The average molecular weight is 130 g/mol. The van der Waals surface area contributed by atoms with Gasteiger partial charge in [0.05, 0.1) is 0 Å². The Balaban J connectivity index is 0. The van der Waals surface area contributed by atoms with Crippen LogP contribution in [0, 0.1) is 0 Å². The van der Waals surface area contributed by atoms with E-state index in [9.17, 15) is 9.59 Å². The molecule has 0 rings (SSSR count). The smallest absolute Gasteiger partial charge is 0.240 e. The highest BCUT2D eigenvalue weighted by atomic mass is 16.1. The number of hydrogen-bond donors (Lipinski definition) is 2. The molecule has 0 heterocycles. The molecule has 2 amide bonds. The van der Waals surface area contributed by atoms with Crippen LogP contribution in [-0.2, 0) is 9.59 Å². The van der Waals surface area contributed by atoms with Gasteiger partial charge in [-0.3, -0.25) is 9.59 Å². The summed E-state index contributed by atoms with van der Waals surface area (Å²) in [6.45, 7) is 4.39. The normalized spacial score (nSPS) is 6.33. The minimum Gasteiger partial charge on any atom is -0.370 e. The van der Waals surface area contributed by atoms with Crippen LogP contribution >= 0.6 is 0 Å². The van der Waals surface area contributed by atoms with Crippen LogP contribution in [0.2, 0.25) is 0 Å². The molecular weight excluding hydrogens is 120 g/mol. The second-order valence-corrected chi connectivity index (χ2v) is 1.22. The van der Waals surface area contributed by atoms with Crippen LogP contribution in [0.4, 0.5) is 0 Å². The third kappa shape index (κ3) is 316. The molecule has 0 saturated carbocycles. The van der Waals surface area contributed by atoms with E-state index in [1.807, 2.05) is 0 Å². The van der Waals surface area contributed by atoms with Crippen LogP contribution in [0.25, 0.3) is 0 Å². The predicted octanol–water partition coefficient (Wildman–Crippen LogP) is -0.851. The lowest BCUT2D eigenvalue weighted by Gasteiger charge is -1.65. The third-order valence-corrected chi connectivity index (χ3v) is 0.201. The zero-order valence-corrected chi connectivity index (χ0v) is 5.26. The van der Waals surface area contributed by atoms with Gasteiger partial charge in [-0.1, -0.05) is 6.58 Å². The predicted molar refractivity (Wildman–Crippen MR) is 34.3 cm³/mol. The summed E-state index contributed by atoms with van der Waals surface area (Å²) in [5.41, 5.74) is 9.01. The van der Waals surface area contributed by atoms with Crippen LogP contribution < -0.4 is 11.5 Å². The van der Waals surface area contributed by atoms with Crippen molar-refractivity contribution < 1.29 is 9.59 Å². The Kier molecular flexibility index (Phi) is 7.88. The number of rotatable bonds is 1. The molecule has 0 aliphatic rings. The van der Waals surface area contributed by atoms with Crippen LogP contribution in [0.5, 0.6) is 0 Å². The molecule has 0 radical (unpaired) electrons. The van der Waals surface area contributed by atoms with Crippen molar-refractivity contribution in [3.63, 3.8) is 0 Å². The molecule has 0 atom stereocenters. The van der Waals surface area contributed by atoms with Crippen molar-refractivity contribution in [1.82, 2.24) is 0 Å². The van der Waals surface area contributed by atoms with E-state index in [1.165, 1.54) is 6.92 Å². The molecule has 9 heavy (non-hydrogen) atoms. The highest BCUT2D eigenvalue weighted by Crippen LogP contribution is 1.48. The largest absolute Gasteiger partial charge is 0.370 e. The number of primary amides is 2. The third-order valence-electron chi connectivity index (χ3n) is 0.201. The van der Waals surface area contributed by atoms with Gasteiger partial charge in [-0.05, 0) is 6.08 Å².